The van der Waals surface area contributed by atoms with E-state index in [1.165, 1.54) is 5.56 Å². The Morgan fingerprint density at radius 3 is 2.43 bits per heavy atom. The van der Waals surface area contributed by atoms with Crippen LogP contribution in [0.2, 0.25) is 0 Å². The van der Waals surface area contributed by atoms with Crippen LogP contribution in [0, 0.1) is 0 Å². The second kappa shape index (κ2) is 4.42. The Kier molecular flexibility index (Phi) is 3.47. The van der Waals surface area contributed by atoms with Crippen LogP contribution in [0.1, 0.15) is 43.9 Å². The molecule has 1 rings (SSSR count). The number of pyridine rings is 1. The summed E-state index contributed by atoms with van der Waals surface area (Å²) in [6.45, 7) is 6.25. The van der Waals surface area contributed by atoms with E-state index in [9.17, 15) is 0 Å². The predicted molar refractivity (Wildman–Crippen MR) is 58.2 cm³/mol. The lowest BCUT2D eigenvalue weighted by atomic mass is 9.95. The highest BCUT2D eigenvalue weighted by atomic mass is 16.5. The second-order valence-electron chi connectivity index (χ2n) is 3.76. The zero-order valence-corrected chi connectivity index (χ0v) is 9.24. The number of rotatable bonds is 3. The summed E-state index contributed by atoms with van der Waals surface area (Å²) >= 11 is 0. The van der Waals surface area contributed by atoms with Crippen molar-refractivity contribution < 1.29 is 4.74 Å². The number of nitrogens with zero attached hydrogens (tertiary/aromatic N) is 1. The third kappa shape index (κ3) is 2.04. The van der Waals surface area contributed by atoms with Crippen molar-refractivity contribution in [3.05, 3.63) is 23.5 Å². The van der Waals surface area contributed by atoms with Crippen LogP contribution in [0.3, 0.4) is 0 Å². The molecule has 0 aromatic carbocycles. The van der Waals surface area contributed by atoms with Gasteiger partial charge in [-0.3, -0.25) is 4.98 Å². The van der Waals surface area contributed by atoms with Crippen LogP contribution in [-0.4, -0.2) is 12.1 Å². The van der Waals surface area contributed by atoms with Gasteiger partial charge in [0.15, 0.2) is 0 Å². The Bertz CT molecular complexity index is 310. The van der Waals surface area contributed by atoms with E-state index < -0.39 is 0 Å². The fourth-order valence-electron chi connectivity index (χ4n) is 1.55. The van der Waals surface area contributed by atoms with E-state index in [0.717, 1.165) is 5.56 Å². The van der Waals surface area contributed by atoms with Crippen molar-refractivity contribution in [1.29, 1.82) is 0 Å². The Hall–Kier alpha value is -1.09. The summed E-state index contributed by atoms with van der Waals surface area (Å²) in [6, 6.07) is 0. The van der Waals surface area contributed by atoms with Gasteiger partial charge in [0.1, 0.15) is 0 Å². The van der Waals surface area contributed by atoms with Gasteiger partial charge < -0.3 is 10.5 Å². The summed E-state index contributed by atoms with van der Waals surface area (Å²) in [7, 11) is 1.69. The maximum atomic E-state index is 5.89. The Morgan fingerprint density at radius 2 is 1.93 bits per heavy atom. The van der Waals surface area contributed by atoms with Crippen LogP contribution in [0.4, 0.5) is 5.69 Å². The van der Waals surface area contributed by atoms with Gasteiger partial charge >= 0.3 is 0 Å². The molecule has 0 radical (unpaired) electrons. The monoisotopic (exact) mass is 194 g/mol. The molecule has 0 aliphatic heterocycles. The lowest BCUT2D eigenvalue weighted by molar-refractivity contribution is 0.119. The molecular formula is C11H18N2O. The summed E-state index contributed by atoms with van der Waals surface area (Å²) in [5.74, 6) is 0.415. The van der Waals surface area contributed by atoms with Gasteiger partial charge in [0.25, 0.3) is 0 Å². The van der Waals surface area contributed by atoms with Crippen molar-refractivity contribution in [3.8, 4) is 0 Å². The highest BCUT2D eigenvalue weighted by molar-refractivity contribution is 5.50. The summed E-state index contributed by atoms with van der Waals surface area (Å²) in [4.78, 5) is 4.10. The molecule has 0 bridgehead atoms. The van der Waals surface area contributed by atoms with Crippen molar-refractivity contribution >= 4 is 5.69 Å². The molecule has 1 aromatic rings. The summed E-state index contributed by atoms with van der Waals surface area (Å²) < 4.78 is 5.30. The van der Waals surface area contributed by atoms with E-state index in [1.54, 1.807) is 13.3 Å². The van der Waals surface area contributed by atoms with Gasteiger partial charge in [0, 0.05) is 18.9 Å². The van der Waals surface area contributed by atoms with Gasteiger partial charge in [-0.05, 0) is 18.4 Å². The zero-order valence-electron chi connectivity index (χ0n) is 9.24. The second-order valence-corrected chi connectivity index (χ2v) is 3.76. The van der Waals surface area contributed by atoms with E-state index in [0.29, 0.717) is 11.6 Å². The molecule has 0 saturated carbocycles. The molecule has 0 aliphatic carbocycles. The van der Waals surface area contributed by atoms with E-state index in [-0.39, 0.29) is 6.10 Å². The normalized spacial score (nSPS) is 13.2. The van der Waals surface area contributed by atoms with Crippen LogP contribution >= 0.6 is 0 Å². The van der Waals surface area contributed by atoms with Crippen molar-refractivity contribution in [2.24, 2.45) is 0 Å². The van der Waals surface area contributed by atoms with Gasteiger partial charge in [0.2, 0.25) is 0 Å². The first-order valence-electron chi connectivity index (χ1n) is 4.84. The minimum atomic E-state index is 0.0235. The van der Waals surface area contributed by atoms with Crippen molar-refractivity contribution in [2.45, 2.75) is 32.8 Å². The molecule has 0 saturated heterocycles. The zero-order chi connectivity index (χ0) is 10.7. The molecule has 0 spiro atoms. The van der Waals surface area contributed by atoms with E-state index in [4.69, 9.17) is 10.5 Å². The summed E-state index contributed by atoms with van der Waals surface area (Å²) in [5, 5.41) is 0. The van der Waals surface area contributed by atoms with Gasteiger partial charge in [-0.25, -0.2) is 0 Å². The quantitative estimate of drug-likeness (QED) is 0.804. The first-order chi connectivity index (χ1) is 6.57. The van der Waals surface area contributed by atoms with Gasteiger partial charge in [-0.1, -0.05) is 13.8 Å². The predicted octanol–water partition coefficient (Wildman–Crippen LogP) is 2.49. The van der Waals surface area contributed by atoms with Crippen molar-refractivity contribution in [3.63, 3.8) is 0 Å². The Morgan fingerprint density at radius 1 is 1.29 bits per heavy atom. The van der Waals surface area contributed by atoms with E-state index >= 15 is 0 Å². The fraction of sp³-hybridized carbons (Fsp3) is 0.545. The molecule has 14 heavy (non-hydrogen) atoms. The molecule has 1 aromatic heterocycles. The molecule has 2 N–H and O–H groups in total. The van der Waals surface area contributed by atoms with Gasteiger partial charge in [-0.2, -0.15) is 0 Å². The third-order valence-electron chi connectivity index (χ3n) is 2.43. The molecule has 3 nitrogen and oxygen atoms in total. The first-order valence-corrected chi connectivity index (χ1v) is 4.84. The van der Waals surface area contributed by atoms with E-state index in [2.05, 4.69) is 18.8 Å². The molecule has 1 unspecified atom stereocenters. The average Bonchev–Trinajstić information content (AvgIpc) is 2.16. The SMILES string of the molecule is COC(C)c1c(N)cncc1C(C)C. The number of anilines is 1. The smallest absolute Gasteiger partial charge is 0.0816 e. The van der Waals surface area contributed by atoms with Crippen LogP contribution in [0.5, 0.6) is 0 Å². The van der Waals surface area contributed by atoms with Gasteiger partial charge in [0.05, 0.1) is 18.0 Å². The lowest BCUT2D eigenvalue weighted by Crippen LogP contribution is -2.07. The summed E-state index contributed by atoms with van der Waals surface area (Å²) in [5.41, 5.74) is 8.84. The number of nitrogens with two attached hydrogens (primary N) is 1. The number of aromatic nitrogens is 1. The Labute approximate surface area is 85.3 Å². The van der Waals surface area contributed by atoms with Crippen molar-refractivity contribution in [2.75, 3.05) is 12.8 Å². The van der Waals surface area contributed by atoms with Crippen molar-refractivity contribution in [1.82, 2.24) is 4.98 Å². The minimum absolute atomic E-state index is 0.0235. The maximum absolute atomic E-state index is 5.89. The molecule has 1 heterocycles. The van der Waals surface area contributed by atoms with Gasteiger partial charge in [-0.15, -0.1) is 0 Å². The molecular weight excluding hydrogens is 176 g/mol. The molecule has 0 aliphatic rings. The first kappa shape index (κ1) is 11.0. The summed E-state index contributed by atoms with van der Waals surface area (Å²) in [6.07, 6.45) is 3.57. The standard InChI is InChI=1S/C11H18N2O/c1-7(2)9-5-13-6-10(12)11(9)8(3)14-4/h5-8H,12H2,1-4H3. The number of ether oxygens (including phenoxy) is 1. The molecule has 1 atom stereocenters. The molecule has 3 heteroatoms. The highest BCUT2D eigenvalue weighted by Gasteiger charge is 2.15. The topological polar surface area (TPSA) is 48.1 Å². The Balaban J connectivity index is 3.22. The molecule has 78 valence electrons. The lowest BCUT2D eigenvalue weighted by Gasteiger charge is -2.18. The number of methoxy groups -OCH3 is 1. The van der Waals surface area contributed by atoms with E-state index in [1.807, 2.05) is 13.1 Å². The van der Waals surface area contributed by atoms with Crippen LogP contribution in [0.15, 0.2) is 12.4 Å². The fourth-order valence-corrected chi connectivity index (χ4v) is 1.55. The average molecular weight is 194 g/mol. The largest absolute Gasteiger partial charge is 0.397 e. The van der Waals surface area contributed by atoms with Crippen LogP contribution in [-0.2, 0) is 4.74 Å². The minimum Gasteiger partial charge on any atom is -0.397 e. The number of nitrogen functional groups attached to an aromatic ring is 1. The third-order valence-corrected chi connectivity index (χ3v) is 2.43. The van der Waals surface area contributed by atoms with Crippen LogP contribution < -0.4 is 5.73 Å². The molecule has 0 amide bonds. The van der Waals surface area contributed by atoms with Crippen LogP contribution in [0.25, 0.3) is 0 Å². The highest BCUT2D eigenvalue weighted by Crippen LogP contribution is 2.30. The number of hydrogen-bond donors (Lipinski definition) is 1. The molecule has 0 fully saturated rings. The number of hydrogen-bond acceptors (Lipinski definition) is 3. The maximum Gasteiger partial charge on any atom is 0.0816 e.